The van der Waals surface area contributed by atoms with Gasteiger partial charge in [-0.05, 0) is 30.8 Å². The Labute approximate surface area is 151 Å². The molecule has 0 atom stereocenters. The van der Waals surface area contributed by atoms with Crippen molar-refractivity contribution in [3.63, 3.8) is 0 Å². The van der Waals surface area contributed by atoms with Crippen molar-refractivity contribution in [3.8, 4) is 0 Å². The van der Waals surface area contributed by atoms with Crippen LogP contribution in [0.1, 0.15) is 11.3 Å². The van der Waals surface area contributed by atoms with Crippen molar-refractivity contribution in [1.82, 2.24) is 19.7 Å². The average molecular weight is 361 g/mol. The lowest BCUT2D eigenvalue weighted by Crippen LogP contribution is -2.50. The van der Waals surface area contributed by atoms with Gasteiger partial charge in [-0.15, -0.1) is 0 Å². The molecule has 0 unspecified atom stereocenters. The van der Waals surface area contributed by atoms with E-state index in [1.807, 2.05) is 18.2 Å². The molecule has 6 nitrogen and oxygen atoms in total. The lowest BCUT2D eigenvalue weighted by atomic mass is 10.1. The Morgan fingerprint density at radius 3 is 2.92 bits per heavy atom. The predicted molar refractivity (Wildman–Crippen MR) is 96.6 cm³/mol. The number of amides is 2. The van der Waals surface area contributed by atoms with Crippen molar-refractivity contribution >= 4 is 34.3 Å². The second-order valence-corrected chi connectivity index (χ2v) is 7.26. The van der Waals surface area contributed by atoms with Gasteiger partial charge in [0.15, 0.2) is 0 Å². The molecule has 7 heteroatoms. The van der Waals surface area contributed by atoms with Crippen molar-refractivity contribution < 1.29 is 9.59 Å². The van der Waals surface area contributed by atoms with E-state index in [-0.39, 0.29) is 24.9 Å². The number of likely N-dealkylation sites (N-methyl/N-ethyl adjacent to an activating group) is 1. The van der Waals surface area contributed by atoms with Gasteiger partial charge in [-0.1, -0.05) is 11.6 Å². The zero-order valence-corrected chi connectivity index (χ0v) is 15.0. The van der Waals surface area contributed by atoms with E-state index in [9.17, 15) is 9.59 Å². The number of piperazine rings is 1. The Balaban J connectivity index is 1.71. The monoisotopic (exact) mass is 360 g/mol. The zero-order valence-electron chi connectivity index (χ0n) is 14.2. The SMILES string of the molecule is CN1CCc2c(c3cc(Cl)ccc3n2CC(=O)N2CCNC(=O)C2)C1. The van der Waals surface area contributed by atoms with Crippen LogP contribution in [0.3, 0.4) is 0 Å². The van der Waals surface area contributed by atoms with Crippen LogP contribution in [0.2, 0.25) is 5.02 Å². The van der Waals surface area contributed by atoms with Crippen LogP contribution < -0.4 is 5.32 Å². The summed E-state index contributed by atoms with van der Waals surface area (Å²) in [5.74, 6) is -0.101. The largest absolute Gasteiger partial charge is 0.353 e. The van der Waals surface area contributed by atoms with Crippen LogP contribution in [0.5, 0.6) is 0 Å². The van der Waals surface area contributed by atoms with Gasteiger partial charge in [0, 0.05) is 54.2 Å². The van der Waals surface area contributed by atoms with E-state index in [1.165, 1.54) is 11.3 Å². The van der Waals surface area contributed by atoms with Crippen LogP contribution >= 0.6 is 11.6 Å². The number of aromatic nitrogens is 1. The summed E-state index contributed by atoms with van der Waals surface area (Å²) in [6.07, 6.45) is 0.909. The molecule has 0 bridgehead atoms. The third-order valence-electron chi connectivity index (χ3n) is 5.09. The number of fused-ring (bicyclic) bond motifs is 3. The number of rotatable bonds is 2. The van der Waals surface area contributed by atoms with E-state index < -0.39 is 0 Å². The van der Waals surface area contributed by atoms with Crippen LogP contribution in [0.4, 0.5) is 0 Å². The number of nitrogens with one attached hydrogen (secondary N) is 1. The molecule has 0 radical (unpaired) electrons. The molecule has 1 fully saturated rings. The van der Waals surface area contributed by atoms with E-state index >= 15 is 0 Å². The van der Waals surface area contributed by atoms with Crippen LogP contribution in [-0.4, -0.2) is 59.4 Å². The summed E-state index contributed by atoms with van der Waals surface area (Å²) in [5, 5.41) is 4.59. The van der Waals surface area contributed by atoms with E-state index in [0.29, 0.717) is 18.1 Å². The summed E-state index contributed by atoms with van der Waals surface area (Å²) in [6, 6.07) is 5.85. The molecule has 0 spiro atoms. The maximum Gasteiger partial charge on any atom is 0.243 e. The standard InChI is InChI=1S/C18H21ClN4O2/c1-21-6-4-16-14(9-21)13-8-12(19)2-3-15(13)23(16)11-18(25)22-7-5-20-17(24)10-22/h2-3,8H,4-7,9-11H2,1H3,(H,20,24). The Kier molecular flexibility index (Phi) is 4.17. The van der Waals surface area contributed by atoms with Gasteiger partial charge < -0.3 is 19.7 Å². The minimum atomic E-state index is -0.0904. The lowest BCUT2D eigenvalue weighted by molar-refractivity contribution is -0.138. The lowest BCUT2D eigenvalue weighted by Gasteiger charge is -2.28. The van der Waals surface area contributed by atoms with Gasteiger partial charge >= 0.3 is 0 Å². The Morgan fingerprint density at radius 1 is 1.28 bits per heavy atom. The van der Waals surface area contributed by atoms with Crippen molar-refractivity contribution in [3.05, 3.63) is 34.5 Å². The number of nitrogens with zero attached hydrogens (tertiary/aromatic N) is 3. The molecule has 25 heavy (non-hydrogen) atoms. The first-order chi connectivity index (χ1) is 12.0. The summed E-state index contributed by atoms with van der Waals surface area (Å²) >= 11 is 6.21. The third kappa shape index (κ3) is 3.00. The van der Waals surface area contributed by atoms with Crippen LogP contribution in [0, 0.1) is 0 Å². The Morgan fingerprint density at radius 2 is 2.12 bits per heavy atom. The second-order valence-electron chi connectivity index (χ2n) is 6.83. The van der Waals surface area contributed by atoms with Gasteiger partial charge in [-0.3, -0.25) is 9.59 Å². The van der Waals surface area contributed by atoms with Gasteiger partial charge in [-0.2, -0.15) is 0 Å². The van der Waals surface area contributed by atoms with Crippen molar-refractivity contribution in [2.75, 3.05) is 33.2 Å². The van der Waals surface area contributed by atoms with Gasteiger partial charge in [0.2, 0.25) is 11.8 Å². The second kappa shape index (κ2) is 6.35. The van der Waals surface area contributed by atoms with E-state index in [0.717, 1.165) is 30.4 Å². The quantitative estimate of drug-likeness (QED) is 0.876. The maximum absolute atomic E-state index is 12.8. The van der Waals surface area contributed by atoms with Crippen LogP contribution in [-0.2, 0) is 29.1 Å². The highest BCUT2D eigenvalue weighted by atomic mass is 35.5. The number of carbonyl (C=O) groups excluding carboxylic acids is 2. The number of carbonyl (C=O) groups is 2. The van der Waals surface area contributed by atoms with Crippen molar-refractivity contribution in [2.45, 2.75) is 19.5 Å². The number of halogens is 1. The molecule has 0 aliphatic carbocycles. The molecule has 2 aliphatic heterocycles. The first-order valence-corrected chi connectivity index (χ1v) is 8.93. The van der Waals surface area contributed by atoms with Crippen LogP contribution in [0.25, 0.3) is 10.9 Å². The molecule has 1 aromatic heterocycles. The van der Waals surface area contributed by atoms with E-state index in [4.69, 9.17) is 11.6 Å². The van der Waals surface area contributed by atoms with Crippen molar-refractivity contribution in [1.29, 1.82) is 0 Å². The molecule has 2 aliphatic rings. The molecule has 4 rings (SSSR count). The smallest absolute Gasteiger partial charge is 0.243 e. The Bertz CT molecular complexity index is 860. The molecule has 2 aromatic rings. The van der Waals surface area contributed by atoms with Gasteiger partial charge in [0.05, 0.1) is 6.54 Å². The summed E-state index contributed by atoms with van der Waals surface area (Å²) in [4.78, 5) is 28.2. The Hall–Kier alpha value is -2.05. The summed E-state index contributed by atoms with van der Waals surface area (Å²) in [5.41, 5.74) is 3.51. The summed E-state index contributed by atoms with van der Waals surface area (Å²) < 4.78 is 2.11. The fourth-order valence-electron chi connectivity index (χ4n) is 3.82. The van der Waals surface area contributed by atoms with Gasteiger partial charge in [0.1, 0.15) is 6.54 Å². The molecule has 2 amide bonds. The predicted octanol–water partition coefficient (Wildman–Crippen LogP) is 1.24. The molecule has 3 heterocycles. The molecule has 0 saturated carbocycles. The van der Waals surface area contributed by atoms with Crippen molar-refractivity contribution in [2.24, 2.45) is 0 Å². The highest BCUT2D eigenvalue weighted by Crippen LogP contribution is 2.32. The highest BCUT2D eigenvalue weighted by Gasteiger charge is 2.26. The molecular weight excluding hydrogens is 340 g/mol. The minimum Gasteiger partial charge on any atom is -0.353 e. The maximum atomic E-state index is 12.8. The fourth-order valence-corrected chi connectivity index (χ4v) is 4.00. The number of hydrogen-bond donors (Lipinski definition) is 1. The number of hydrogen-bond acceptors (Lipinski definition) is 3. The molecule has 132 valence electrons. The molecular formula is C18H21ClN4O2. The van der Waals surface area contributed by atoms with Gasteiger partial charge in [0.25, 0.3) is 0 Å². The fraction of sp³-hybridized carbons (Fsp3) is 0.444. The van der Waals surface area contributed by atoms with E-state index in [2.05, 4.69) is 21.8 Å². The van der Waals surface area contributed by atoms with Crippen LogP contribution in [0.15, 0.2) is 18.2 Å². The number of benzene rings is 1. The van der Waals surface area contributed by atoms with E-state index in [1.54, 1.807) is 4.90 Å². The molecule has 1 saturated heterocycles. The first-order valence-electron chi connectivity index (χ1n) is 8.55. The van der Waals surface area contributed by atoms with Gasteiger partial charge in [-0.25, -0.2) is 0 Å². The summed E-state index contributed by atoms with van der Waals surface area (Å²) in [6.45, 7) is 3.34. The summed E-state index contributed by atoms with van der Waals surface area (Å²) in [7, 11) is 2.11. The normalized spacial score (nSPS) is 18.3. The highest BCUT2D eigenvalue weighted by molar-refractivity contribution is 6.31. The first kappa shape index (κ1) is 16.4. The molecule has 1 N–H and O–H groups in total. The molecule has 1 aromatic carbocycles. The average Bonchev–Trinajstić information content (AvgIpc) is 2.87. The topological polar surface area (TPSA) is 57.6 Å². The minimum absolute atomic E-state index is 0.0107. The zero-order chi connectivity index (χ0) is 17.6. The third-order valence-corrected chi connectivity index (χ3v) is 5.33.